The van der Waals surface area contributed by atoms with Crippen molar-refractivity contribution in [1.82, 2.24) is 0 Å². The molecule has 5 aromatic rings. The second kappa shape index (κ2) is 9.71. The molecule has 0 spiro atoms. The monoisotopic (exact) mass is 511 g/mol. The first-order chi connectivity index (χ1) is 17.9. The van der Waals surface area contributed by atoms with Crippen LogP contribution in [-0.2, 0) is 10.0 Å². The molecule has 0 bridgehead atoms. The number of methoxy groups -OCH3 is 1. The molecule has 0 unspecified atom stereocenters. The van der Waals surface area contributed by atoms with Gasteiger partial charge in [0.1, 0.15) is 11.4 Å². The molecule has 0 fully saturated rings. The second-order valence-electron chi connectivity index (χ2n) is 8.19. The number of fused-ring (bicyclic) bond motifs is 2. The summed E-state index contributed by atoms with van der Waals surface area (Å²) in [7, 11) is -2.49. The maximum Gasteiger partial charge on any atom is 0.295 e. The first kappa shape index (κ1) is 24.0. The Kier molecular flexibility index (Phi) is 6.29. The van der Waals surface area contributed by atoms with Gasteiger partial charge in [0.15, 0.2) is 5.75 Å². The number of nitrogens with one attached hydrogen (secondary N) is 1. The maximum atomic E-state index is 13.1. The molecule has 0 atom stereocenters. The van der Waals surface area contributed by atoms with Crippen LogP contribution in [0.4, 0.5) is 11.4 Å². The van der Waals surface area contributed by atoms with Crippen molar-refractivity contribution in [3.63, 3.8) is 0 Å². The normalized spacial score (nSPS) is 11.7. The molecule has 0 heterocycles. The SMILES string of the molecule is COc1ccc(S(=O)(=O)Nc2cc(N=NC(=O)c3ccc4ccccc4c3)c(O)c3ccccc23)cc1. The molecule has 8 nitrogen and oxygen atoms in total. The summed E-state index contributed by atoms with van der Waals surface area (Å²) >= 11 is 0. The largest absolute Gasteiger partial charge is 0.505 e. The van der Waals surface area contributed by atoms with Gasteiger partial charge in [-0.1, -0.05) is 54.6 Å². The highest BCUT2D eigenvalue weighted by atomic mass is 32.2. The lowest BCUT2D eigenvalue weighted by atomic mass is 10.1. The van der Waals surface area contributed by atoms with Crippen molar-refractivity contribution >= 4 is 48.9 Å². The number of phenols is 1. The minimum atomic E-state index is -3.98. The Bertz CT molecular complexity index is 1780. The van der Waals surface area contributed by atoms with E-state index in [0.29, 0.717) is 22.1 Å². The number of phenolic OH excluding ortho intramolecular Hbond substituents is 1. The number of amides is 1. The number of carbonyl (C=O) groups is 1. The summed E-state index contributed by atoms with van der Waals surface area (Å²) in [6.07, 6.45) is 0. The predicted molar refractivity (Wildman–Crippen MR) is 142 cm³/mol. The van der Waals surface area contributed by atoms with Crippen molar-refractivity contribution < 1.29 is 23.1 Å². The Morgan fingerprint density at radius 1 is 0.838 bits per heavy atom. The van der Waals surface area contributed by atoms with Crippen LogP contribution in [0.3, 0.4) is 0 Å². The minimum absolute atomic E-state index is 0.0279. The van der Waals surface area contributed by atoms with Crippen molar-refractivity contribution in [2.75, 3.05) is 11.8 Å². The van der Waals surface area contributed by atoms with E-state index in [1.165, 1.54) is 25.3 Å². The number of benzene rings is 5. The second-order valence-corrected chi connectivity index (χ2v) is 9.87. The molecular formula is C28H21N3O5S. The Morgan fingerprint density at radius 2 is 1.51 bits per heavy atom. The van der Waals surface area contributed by atoms with Crippen LogP contribution in [-0.4, -0.2) is 26.5 Å². The maximum absolute atomic E-state index is 13.1. The van der Waals surface area contributed by atoms with E-state index in [9.17, 15) is 18.3 Å². The van der Waals surface area contributed by atoms with Crippen molar-refractivity contribution in [3.05, 3.63) is 103 Å². The van der Waals surface area contributed by atoms with Crippen LogP contribution in [0, 0.1) is 0 Å². The van der Waals surface area contributed by atoms with Crippen molar-refractivity contribution in [1.29, 1.82) is 0 Å². The highest BCUT2D eigenvalue weighted by Gasteiger charge is 2.19. The molecule has 37 heavy (non-hydrogen) atoms. The minimum Gasteiger partial charge on any atom is -0.505 e. The van der Waals surface area contributed by atoms with Crippen LogP contribution in [0.1, 0.15) is 10.4 Å². The average molecular weight is 512 g/mol. The van der Waals surface area contributed by atoms with E-state index in [1.807, 2.05) is 30.3 Å². The van der Waals surface area contributed by atoms with Gasteiger partial charge in [-0.05, 0) is 53.2 Å². The number of azo groups is 1. The van der Waals surface area contributed by atoms with Gasteiger partial charge in [-0.2, -0.15) is 0 Å². The van der Waals surface area contributed by atoms with Crippen LogP contribution < -0.4 is 9.46 Å². The van der Waals surface area contributed by atoms with Gasteiger partial charge in [0, 0.05) is 16.3 Å². The summed E-state index contributed by atoms with van der Waals surface area (Å²) in [5, 5.41) is 21.2. The van der Waals surface area contributed by atoms with Gasteiger partial charge in [-0.25, -0.2) is 8.42 Å². The van der Waals surface area contributed by atoms with Gasteiger partial charge in [0.2, 0.25) is 0 Å². The standard InChI is InChI=1S/C28H21N3O5S/c1-36-21-12-14-22(15-13-21)37(34,35)31-25-17-26(27(32)24-9-5-4-8-23(24)25)29-30-28(33)20-11-10-18-6-2-3-7-19(18)16-20/h2-17,31-32H,1H3. The Balaban J connectivity index is 1.51. The van der Waals surface area contributed by atoms with Crippen LogP contribution in [0.2, 0.25) is 0 Å². The van der Waals surface area contributed by atoms with Crippen LogP contribution >= 0.6 is 0 Å². The van der Waals surface area contributed by atoms with Crippen LogP contribution in [0.15, 0.2) is 112 Å². The van der Waals surface area contributed by atoms with Crippen LogP contribution in [0.25, 0.3) is 21.5 Å². The third-order valence-corrected chi connectivity index (χ3v) is 7.24. The molecule has 0 aliphatic carbocycles. The van der Waals surface area contributed by atoms with Gasteiger partial charge >= 0.3 is 0 Å². The molecule has 0 saturated heterocycles. The summed E-state index contributed by atoms with van der Waals surface area (Å²) < 4.78 is 33.8. The van der Waals surface area contributed by atoms with E-state index in [4.69, 9.17) is 4.74 Å². The number of hydrogen-bond donors (Lipinski definition) is 2. The summed E-state index contributed by atoms with van der Waals surface area (Å²) in [6.45, 7) is 0. The molecule has 0 aliphatic heterocycles. The number of aromatic hydroxyl groups is 1. The fraction of sp³-hybridized carbons (Fsp3) is 0.0357. The third-order valence-electron chi connectivity index (χ3n) is 5.86. The van der Waals surface area contributed by atoms with E-state index >= 15 is 0 Å². The van der Waals surface area contributed by atoms with Gasteiger partial charge in [0.05, 0.1) is 17.7 Å². The quantitative estimate of drug-likeness (QED) is 0.201. The van der Waals surface area contributed by atoms with Gasteiger partial charge in [0.25, 0.3) is 15.9 Å². The molecule has 0 aliphatic rings. The van der Waals surface area contributed by atoms with Gasteiger partial charge in [-0.15, -0.1) is 10.2 Å². The Hall–Kier alpha value is -4.76. The molecule has 184 valence electrons. The molecule has 5 rings (SSSR count). The first-order valence-electron chi connectivity index (χ1n) is 11.2. The molecule has 9 heteroatoms. The fourth-order valence-electron chi connectivity index (χ4n) is 3.94. The van der Waals surface area contributed by atoms with Crippen LogP contribution in [0.5, 0.6) is 11.5 Å². The summed E-state index contributed by atoms with van der Waals surface area (Å²) in [6, 6.07) is 26.8. The number of nitrogens with zero attached hydrogens (tertiary/aromatic N) is 2. The van der Waals surface area contributed by atoms with Crippen molar-refractivity contribution in [3.8, 4) is 11.5 Å². The molecular weight excluding hydrogens is 490 g/mol. The predicted octanol–water partition coefficient (Wildman–Crippen LogP) is 6.43. The molecule has 0 aromatic heterocycles. The average Bonchev–Trinajstić information content (AvgIpc) is 2.93. The number of rotatable bonds is 6. The first-order valence-corrected chi connectivity index (χ1v) is 12.7. The zero-order valence-corrected chi connectivity index (χ0v) is 20.4. The van der Waals surface area contributed by atoms with E-state index in [0.717, 1.165) is 10.8 Å². The number of ether oxygens (including phenoxy) is 1. The Labute approximate surface area is 212 Å². The summed E-state index contributed by atoms with van der Waals surface area (Å²) in [5.41, 5.74) is 0.458. The molecule has 0 radical (unpaired) electrons. The highest BCUT2D eigenvalue weighted by molar-refractivity contribution is 7.92. The van der Waals surface area contributed by atoms with E-state index in [2.05, 4.69) is 15.0 Å². The lowest BCUT2D eigenvalue weighted by Crippen LogP contribution is -2.13. The topological polar surface area (TPSA) is 117 Å². The third kappa shape index (κ3) is 4.85. The Morgan fingerprint density at radius 3 is 2.24 bits per heavy atom. The van der Waals surface area contributed by atoms with Gasteiger partial charge in [-0.3, -0.25) is 9.52 Å². The summed E-state index contributed by atoms with van der Waals surface area (Å²) in [5.74, 6) is -0.301. The van der Waals surface area contributed by atoms with Crippen molar-refractivity contribution in [2.45, 2.75) is 4.90 Å². The lowest BCUT2D eigenvalue weighted by Gasteiger charge is -2.13. The van der Waals surface area contributed by atoms with E-state index in [-0.39, 0.29) is 22.0 Å². The van der Waals surface area contributed by atoms with E-state index in [1.54, 1.807) is 48.5 Å². The van der Waals surface area contributed by atoms with Crippen molar-refractivity contribution in [2.24, 2.45) is 10.2 Å². The van der Waals surface area contributed by atoms with Gasteiger partial charge < -0.3 is 9.84 Å². The zero-order valence-electron chi connectivity index (χ0n) is 19.6. The number of carbonyl (C=O) groups excluding carboxylic acids is 1. The fourth-order valence-corrected chi connectivity index (χ4v) is 5.01. The number of sulfonamides is 1. The summed E-state index contributed by atoms with van der Waals surface area (Å²) in [4.78, 5) is 12.8. The number of anilines is 1. The zero-order chi connectivity index (χ0) is 26.0. The molecule has 2 N–H and O–H groups in total. The lowest BCUT2D eigenvalue weighted by molar-refractivity contribution is 0.0995. The molecule has 5 aromatic carbocycles. The highest BCUT2D eigenvalue weighted by Crippen LogP contribution is 2.40. The smallest absolute Gasteiger partial charge is 0.295 e. The number of hydrogen-bond acceptors (Lipinski definition) is 6. The molecule has 1 amide bonds. The van der Waals surface area contributed by atoms with E-state index < -0.39 is 15.9 Å². The molecule has 0 saturated carbocycles.